The number of anilines is 1. The van der Waals surface area contributed by atoms with Crippen LogP contribution in [0.2, 0.25) is 0 Å². The zero-order valence-electron chi connectivity index (χ0n) is 23.1. The maximum atomic E-state index is 14.2. The van der Waals surface area contributed by atoms with Gasteiger partial charge in [-0.2, -0.15) is 0 Å². The van der Waals surface area contributed by atoms with Crippen molar-refractivity contribution in [1.82, 2.24) is 10.2 Å². The van der Waals surface area contributed by atoms with E-state index in [4.69, 9.17) is 5.11 Å². The number of carbonyl (C=O) groups excluding carboxylic acids is 3. The van der Waals surface area contributed by atoms with E-state index in [9.17, 15) is 14.4 Å². The molecule has 0 saturated carbocycles. The number of fused-ring (bicyclic) bond motifs is 1. The molecule has 0 radical (unpaired) electrons. The van der Waals surface area contributed by atoms with Crippen LogP contribution in [0.15, 0.2) is 48.5 Å². The number of unbranched alkanes of at least 4 members (excludes halogenated alkanes) is 3. The van der Waals surface area contributed by atoms with Gasteiger partial charge < -0.3 is 20.6 Å². The molecule has 3 N–H and O–H groups in total. The van der Waals surface area contributed by atoms with Gasteiger partial charge in [-0.3, -0.25) is 14.4 Å². The molecule has 3 heterocycles. The fraction of sp³-hybridized carbons (Fsp3) is 0.516. The summed E-state index contributed by atoms with van der Waals surface area (Å²) in [6, 6.07) is 15.1. The van der Waals surface area contributed by atoms with Gasteiger partial charge in [0.15, 0.2) is 0 Å². The Morgan fingerprint density at radius 2 is 1.82 bits per heavy atom. The maximum Gasteiger partial charge on any atom is 0.248 e. The quantitative estimate of drug-likeness (QED) is 0.250. The Kier molecular flexibility index (Phi) is 8.92. The number of nitrogens with zero attached hydrogens (tertiary/aromatic N) is 1. The van der Waals surface area contributed by atoms with Crippen LogP contribution >= 0.6 is 27.7 Å². The second-order valence-corrected chi connectivity index (χ2v) is 14.1. The molecule has 7 nitrogen and oxygen atoms in total. The van der Waals surface area contributed by atoms with Gasteiger partial charge >= 0.3 is 0 Å². The van der Waals surface area contributed by atoms with Gasteiger partial charge in [0.1, 0.15) is 6.04 Å². The zero-order chi connectivity index (χ0) is 28.4. The molecule has 0 aromatic heterocycles. The highest BCUT2D eigenvalue weighted by molar-refractivity contribution is 9.09. The summed E-state index contributed by atoms with van der Waals surface area (Å²) in [4.78, 5) is 43.8. The number of nitrogens with one attached hydrogen (secondary N) is 2. The lowest BCUT2D eigenvalue weighted by molar-refractivity contribution is -0.139. The van der Waals surface area contributed by atoms with Crippen LogP contribution in [0.1, 0.15) is 48.8 Å². The lowest BCUT2D eigenvalue weighted by atomic mass is 9.70. The number of carbonyl (C=O) groups is 3. The Labute approximate surface area is 249 Å². The molecule has 214 valence electrons. The Morgan fingerprint density at radius 1 is 1.07 bits per heavy atom. The van der Waals surface area contributed by atoms with Gasteiger partial charge in [-0.1, -0.05) is 71.2 Å². The van der Waals surface area contributed by atoms with Crippen LogP contribution in [0.5, 0.6) is 0 Å². The van der Waals surface area contributed by atoms with Crippen LogP contribution in [-0.2, 0) is 20.9 Å². The fourth-order valence-electron chi connectivity index (χ4n) is 6.69. The third-order valence-electron chi connectivity index (χ3n) is 8.61. The van der Waals surface area contributed by atoms with E-state index in [0.717, 1.165) is 48.1 Å². The number of aryl methyl sites for hydroxylation is 2. The highest BCUT2D eigenvalue weighted by Gasteiger charge is 2.75. The number of hydrogen-bond donors (Lipinski definition) is 3. The monoisotopic (exact) mass is 627 g/mol. The van der Waals surface area contributed by atoms with Gasteiger partial charge in [-0.05, 0) is 55.9 Å². The molecule has 2 aromatic carbocycles. The van der Waals surface area contributed by atoms with Crippen LogP contribution in [0.25, 0.3) is 0 Å². The summed E-state index contributed by atoms with van der Waals surface area (Å²) in [5, 5.41) is 15.3. The second kappa shape index (κ2) is 12.2. The van der Waals surface area contributed by atoms with Crippen molar-refractivity contribution in [2.45, 2.75) is 73.4 Å². The number of aliphatic hydroxyl groups excluding tert-OH is 1. The molecular formula is C31H38BrN3O4S. The summed E-state index contributed by atoms with van der Waals surface area (Å²) in [6.45, 7) is 4.97. The van der Waals surface area contributed by atoms with Gasteiger partial charge in [0, 0.05) is 35.5 Å². The molecule has 2 aromatic rings. The van der Waals surface area contributed by atoms with Gasteiger partial charge in [-0.15, -0.1) is 11.8 Å². The van der Waals surface area contributed by atoms with E-state index in [2.05, 4.69) is 26.6 Å². The summed E-state index contributed by atoms with van der Waals surface area (Å²) in [7, 11) is 0. The van der Waals surface area contributed by atoms with Crippen molar-refractivity contribution in [3.05, 3.63) is 65.2 Å². The summed E-state index contributed by atoms with van der Waals surface area (Å²) in [6.07, 6.45) is 3.87. The predicted octanol–water partition coefficient (Wildman–Crippen LogP) is 4.58. The minimum atomic E-state index is -0.669. The number of aliphatic hydroxyl groups is 1. The molecule has 2 bridgehead atoms. The van der Waals surface area contributed by atoms with E-state index in [1.165, 1.54) is 0 Å². The first kappa shape index (κ1) is 29.1. The van der Waals surface area contributed by atoms with Crippen molar-refractivity contribution in [3.63, 3.8) is 0 Å². The Bertz CT molecular complexity index is 1260. The molecule has 3 saturated heterocycles. The van der Waals surface area contributed by atoms with E-state index in [0.29, 0.717) is 19.5 Å². The summed E-state index contributed by atoms with van der Waals surface area (Å²) in [5.74, 6) is -1.44. The Balaban J connectivity index is 1.43. The summed E-state index contributed by atoms with van der Waals surface area (Å²) >= 11 is 5.49. The number of alkyl halides is 1. The molecule has 1 spiro atoms. The van der Waals surface area contributed by atoms with Crippen molar-refractivity contribution in [3.8, 4) is 0 Å². The van der Waals surface area contributed by atoms with E-state index in [1.807, 2.05) is 62.4 Å². The van der Waals surface area contributed by atoms with Crippen LogP contribution in [-0.4, -0.2) is 61.7 Å². The number of rotatable bonds is 11. The Morgan fingerprint density at radius 3 is 2.58 bits per heavy atom. The van der Waals surface area contributed by atoms with Gasteiger partial charge in [0.05, 0.1) is 16.6 Å². The molecule has 3 fully saturated rings. The highest BCUT2D eigenvalue weighted by Crippen LogP contribution is 2.67. The minimum absolute atomic E-state index is 0.0366. The molecule has 3 aliphatic heterocycles. The lowest BCUT2D eigenvalue weighted by Gasteiger charge is -2.35. The van der Waals surface area contributed by atoms with Crippen molar-refractivity contribution in [1.29, 1.82) is 0 Å². The zero-order valence-corrected chi connectivity index (χ0v) is 25.5. The first-order valence-corrected chi connectivity index (χ1v) is 16.0. The number of benzene rings is 2. The third kappa shape index (κ3) is 5.44. The standard InChI is InChI=1S/C31H38BrN3O4S/c1-19-12-13-20(2)23(16-19)34-29(38)27-31-17-22(32)26(40-31)24(28(37)33-18-21-10-6-5-7-11-21)25(31)30(39)35(27)14-8-3-4-9-15-36/h5-7,10-13,16,22,24-27,36H,3-4,8-9,14-15,17-18H2,1-2H3,(H,33,37)(H,34,38)/t22?,24-,25+,26-,27?,31?/m1/s1. The highest BCUT2D eigenvalue weighted by atomic mass is 79.9. The second-order valence-electron chi connectivity index (χ2n) is 11.3. The molecule has 9 heteroatoms. The van der Waals surface area contributed by atoms with E-state index in [-0.39, 0.29) is 34.4 Å². The topological polar surface area (TPSA) is 98.7 Å². The van der Waals surface area contributed by atoms with Crippen LogP contribution in [0.3, 0.4) is 0 Å². The molecular weight excluding hydrogens is 590 g/mol. The number of amides is 3. The van der Waals surface area contributed by atoms with Crippen LogP contribution < -0.4 is 10.6 Å². The van der Waals surface area contributed by atoms with Gasteiger partial charge in [-0.25, -0.2) is 0 Å². The SMILES string of the molecule is Cc1ccc(C)c(NC(=O)C2N(CCCCCCO)C(=O)[C@@H]3[C@@H](C(=O)NCc4ccccc4)[C@@H]4SC23CC4Br)c1. The number of halogens is 1. The third-order valence-corrected chi connectivity index (χ3v) is 11.8. The van der Waals surface area contributed by atoms with Crippen LogP contribution in [0.4, 0.5) is 5.69 Å². The van der Waals surface area contributed by atoms with Crippen molar-refractivity contribution in [2.75, 3.05) is 18.5 Å². The van der Waals surface area contributed by atoms with Crippen molar-refractivity contribution in [2.24, 2.45) is 11.8 Å². The van der Waals surface area contributed by atoms with Crippen LogP contribution in [0, 0.1) is 25.7 Å². The smallest absolute Gasteiger partial charge is 0.248 e. The molecule has 3 unspecified atom stereocenters. The first-order chi connectivity index (χ1) is 19.3. The Hall–Kier alpha value is -2.36. The fourth-order valence-corrected chi connectivity index (χ4v) is 10.3. The molecule has 0 aliphatic carbocycles. The van der Waals surface area contributed by atoms with E-state index < -0.39 is 22.6 Å². The minimum Gasteiger partial charge on any atom is -0.396 e. The van der Waals surface area contributed by atoms with Gasteiger partial charge in [0.25, 0.3) is 0 Å². The molecule has 6 atom stereocenters. The average Bonchev–Trinajstić information content (AvgIpc) is 3.53. The lowest BCUT2D eigenvalue weighted by Crippen LogP contribution is -2.53. The summed E-state index contributed by atoms with van der Waals surface area (Å²) < 4.78 is -0.669. The number of likely N-dealkylation sites (tertiary alicyclic amines) is 1. The largest absolute Gasteiger partial charge is 0.396 e. The molecule has 40 heavy (non-hydrogen) atoms. The molecule has 3 amide bonds. The molecule has 3 aliphatic rings. The van der Waals surface area contributed by atoms with E-state index >= 15 is 0 Å². The number of hydrogen-bond acceptors (Lipinski definition) is 5. The van der Waals surface area contributed by atoms with Crippen molar-refractivity contribution < 1.29 is 19.5 Å². The first-order valence-electron chi connectivity index (χ1n) is 14.2. The van der Waals surface area contributed by atoms with Crippen molar-refractivity contribution >= 4 is 51.1 Å². The number of thioether (sulfide) groups is 1. The average molecular weight is 629 g/mol. The maximum absolute atomic E-state index is 14.2. The van der Waals surface area contributed by atoms with Gasteiger partial charge in [0.2, 0.25) is 17.7 Å². The summed E-state index contributed by atoms with van der Waals surface area (Å²) in [5.41, 5.74) is 3.77. The van der Waals surface area contributed by atoms with E-state index in [1.54, 1.807) is 16.7 Å². The molecule has 5 rings (SSSR count). The normalized spacial score (nSPS) is 28.6. The predicted molar refractivity (Wildman–Crippen MR) is 162 cm³/mol.